The Kier molecular flexibility index (Phi) is 11.8. The first-order chi connectivity index (χ1) is 26.7. The van der Waals surface area contributed by atoms with Crippen LogP contribution >= 0.6 is 11.2 Å². The van der Waals surface area contributed by atoms with Crippen LogP contribution in [0.3, 0.4) is 0 Å². The maximum atomic E-state index is 15.6. The number of rotatable bonds is 11. The van der Waals surface area contributed by atoms with E-state index in [4.69, 9.17) is 3.01 Å². The Labute approximate surface area is 325 Å². The van der Waals surface area contributed by atoms with Gasteiger partial charge in [0.05, 0.1) is 0 Å². The topological polar surface area (TPSA) is 43.4 Å². The van der Waals surface area contributed by atoms with Crippen molar-refractivity contribution in [2.24, 2.45) is 0 Å². The van der Waals surface area contributed by atoms with Gasteiger partial charge in [-0.1, -0.05) is 0 Å². The summed E-state index contributed by atoms with van der Waals surface area (Å²) in [7, 11) is -6.26. The van der Waals surface area contributed by atoms with Gasteiger partial charge in [0.1, 0.15) is 0 Å². The van der Waals surface area contributed by atoms with Crippen molar-refractivity contribution in [2.75, 3.05) is 0 Å². The Bertz CT molecular complexity index is 2030. The monoisotopic (exact) mass is 885 g/mol. The van der Waals surface area contributed by atoms with Crippen LogP contribution in [0.25, 0.3) is 0 Å². The standard InChI is InChI=1S/2C18H15P.C8H11.CHF3O3S.Rh/c2*1-4-10-16(11-5-1)19(17-12-6-2-7-13-17)18-14-8-3-9-15-18;1-2-4-6-8-7-5-3-1;2-1(3,4)8(5,6)7;/h2*1-15H;1-2,7H,3-6H2;(H,5,6,7);/q;;;;-1/p+1. The van der Waals surface area contributed by atoms with E-state index in [9.17, 15) is 8.42 Å². The second-order valence-electron chi connectivity index (χ2n) is 13.1. The molecule has 0 unspecified atom stereocenters. The average molecular weight is 886 g/mol. The number of allylic oxidation sites excluding steroid dienone is 4. The fraction of sp³-hybridized carbons (Fsp3) is 0.111. The van der Waals surface area contributed by atoms with E-state index in [2.05, 4.69) is 18.2 Å². The van der Waals surface area contributed by atoms with Gasteiger partial charge in [0.2, 0.25) is 0 Å². The number of hydrogen-bond donors (Lipinski definition) is 0. The SMILES string of the molecule is O=S(=O)([O][Rh]([C]1=CCCC=CCC1)([PH](c1ccccc1)(c1ccccc1)c1ccccc1)[PH](c1ccccc1)(c1ccccc1)c1ccccc1)C(F)(F)F. The molecule has 0 radical (unpaired) electrons. The first kappa shape index (κ1) is 39.2. The number of alkyl halides is 3. The molecule has 0 fully saturated rings. The molecule has 7 rings (SSSR count). The molecule has 6 aromatic rings. The van der Waals surface area contributed by atoms with Gasteiger partial charge in [-0.3, -0.25) is 0 Å². The van der Waals surface area contributed by atoms with Gasteiger partial charge in [-0.05, 0) is 0 Å². The Morgan fingerprint density at radius 3 is 1.04 bits per heavy atom. The van der Waals surface area contributed by atoms with Gasteiger partial charge < -0.3 is 0 Å². The molecular weight excluding hydrogens is 842 g/mol. The van der Waals surface area contributed by atoms with Gasteiger partial charge in [-0.2, -0.15) is 0 Å². The molecule has 0 amide bonds. The van der Waals surface area contributed by atoms with Gasteiger partial charge >= 0.3 is 327 Å². The molecule has 0 aliphatic heterocycles. The molecule has 0 saturated heterocycles. The normalized spacial score (nSPS) is 16.5. The minimum atomic E-state index is -6.26. The molecule has 0 heterocycles. The van der Waals surface area contributed by atoms with E-state index in [0.29, 0.717) is 29.9 Å². The third kappa shape index (κ3) is 6.92. The molecular formula is C45H43F3O3P2RhS. The van der Waals surface area contributed by atoms with Crippen molar-refractivity contribution in [3.63, 3.8) is 0 Å². The van der Waals surface area contributed by atoms with Gasteiger partial charge in [-0.15, -0.1) is 0 Å². The Hall–Kier alpha value is -4.02. The summed E-state index contributed by atoms with van der Waals surface area (Å²) in [6, 6.07) is 58.2. The van der Waals surface area contributed by atoms with Crippen molar-refractivity contribution in [2.45, 2.75) is 31.2 Å². The van der Waals surface area contributed by atoms with Gasteiger partial charge in [0.25, 0.3) is 0 Å². The molecule has 0 saturated carbocycles. The third-order valence-corrected chi connectivity index (χ3v) is 55.5. The molecule has 6 aromatic carbocycles. The molecule has 10 heteroatoms. The van der Waals surface area contributed by atoms with Crippen molar-refractivity contribution in [3.8, 4) is 0 Å². The van der Waals surface area contributed by atoms with E-state index in [0.717, 1.165) is 31.8 Å². The van der Waals surface area contributed by atoms with Gasteiger partial charge in [0.15, 0.2) is 0 Å². The summed E-state index contributed by atoms with van der Waals surface area (Å²) in [5.74, 6) is 0. The fourth-order valence-electron chi connectivity index (χ4n) is 7.64. The van der Waals surface area contributed by atoms with Crippen LogP contribution in [-0.4, -0.2) is 13.9 Å². The molecule has 0 bridgehead atoms. The van der Waals surface area contributed by atoms with Crippen LogP contribution in [-0.2, 0) is 27.3 Å². The van der Waals surface area contributed by atoms with E-state index >= 15 is 13.2 Å². The molecule has 1 aliphatic rings. The van der Waals surface area contributed by atoms with Gasteiger partial charge in [0, 0.05) is 0 Å². The van der Waals surface area contributed by atoms with E-state index in [-0.39, 0.29) is 0 Å². The Morgan fingerprint density at radius 1 is 0.455 bits per heavy atom. The van der Waals surface area contributed by atoms with E-state index in [1.165, 1.54) is 0 Å². The molecule has 1 aliphatic carbocycles. The zero-order valence-corrected chi connectivity index (χ0v) is 34.4. The molecule has 3 nitrogen and oxygen atoms in total. The molecule has 0 aromatic heterocycles. The first-order valence-electron chi connectivity index (χ1n) is 18.1. The summed E-state index contributed by atoms with van der Waals surface area (Å²) in [6.45, 7) is 0. The first-order valence-corrected chi connectivity index (χ1v) is 29.6. The van der Waals surface area contributed by atoms with Crippen molar-refractivity contribution in [1.82, 2.24) is 0 Å². The van der Waals surface area contributed by atoms with Crippen LogP contribution < -0.4 is 31.8 Å². The predicted molar refractivity (Wildman–Crippen MR) is 225 cm³/mol. The molecule has 0 N–H and O–H groups in total. The maximum absolute atomic E-state index is 15.6. The van der Waals surface area contributed by atoms with Crippen LogP contribution in [0.4, 0.5) is 13.2 Å². The Morgan fingerprint density at radius 2 is 0.745 bits per heavy atom. The summed E-state index contributed by atoms with van der Waals surface area (Å²) in [4.78, 5) is 0. The zero-order valence-electron chi connectivity index (χ0n) is 30.0. The van der Waals surface area contributed by atoms with Crippen molar-refractivity contribution < 1.29 is 38.8 Å². The molecule has 55 heavy (non-hydrogen) atoms. The van der Waals surface area contributed by atoms with Crippen LogP contribution in [0.15, 0.2) is 204 Å². The molecule has 0 atom stereocenters. The summed E-state index contributed by atoms with van der Waals surface area (Å²) in [5.41, 5.74) is -14.0. The fourth-order valence-corrected chi connectivity index (χ4v) is 70.6. The average Bonchev–Trinajstić information content (AvgIpc) is 3.20. The second-order valence-corrected chi connectivity index (χ2v) is 39.5. The predicted octanol–water partition coefficient (Wildman–Crippen LogP) is 9.22. The summed E-state index contributed by atoms with van der Waals surface area (Å²) in [5, 5.41) is 4.78. The third-order valence-electron chi connectivity index (χ3n) is 9.79. The van der Waals surface area contributed by atoms with E-state index in [1.54, 1.807) is 0 Å². The van der Waals surface area contributed by atoms with Crippen molar-refractivity contribution >= 4 is 53.1 Å². The number of benzene rings is 6. The minimum absolute atomic E-state index is 0.341. The van der Waals surface area contributed by atoms with Crippen molar-refractivity contribution in [1.29, 1.82) is 0 Å². The summed E-state index contributed by atoms with van der Waals surface area (Å²) >= 11 is -5.32. The van der Waals surface area contributed by atoms with Crippen molar-refractivity contribution in [3.05, 3.63) is 204 Å². The van der Waals surface area contributed by atoms with Gasteiger partial charge in [-0.25, -0.2) is 0 Å². The summed E-state index contributed by atoms with van der Waals surface area (Å²) < 4.78 is 83.7. The summed E-state index contributed by atoms with van der Waals surface area (Å²) in [6.07, 6.45) is 8.29. The van der Waals surface area contributed by atoms with Crippen LogP contribution in [0.1, 0.15) is 25.7 Å². The van der Waals surface area contributed by atoms with Crippen LogP contribution in [0.2, 0.25) is 0 Å². The molecule has 287 valence electrons. The Balaban J connectivity index is 1.90. The molecule has 0 spiro atoms. The van der Waals surface area contributed by atoms with Crippen LogP contribution in [0.5, 0.6) is 0 Å². The second kappa shape index (κ2) is 16.6. The van der Waals surface area contributed by atoms with E-state index in [1.807, 2.05) is 182 Å². The number of hydrogen-bond acceptors (Lipinski definition) is 3. The van der Waals surface area contributed by atoms with Crippen LogP contribution in [0, 0.1) is 0 Å². The quantitative estimate of drug-likeness (QED) is 0.0565. The number of halogens is 3. The van der Waals surface area contributed by atoms with E-state index < -0.39 is 41.0 Å². The zero-order chi connectivity index (χ0) is 38.4.